The second-order valence-electron chi connectivity index (χ2n) is 8.29. The van der Waals surface area contributed by atoms with Gasteiger partial charge in [0.1, 0.15) is 16.5 Å². The van der Waals surface area contributed by atoms with Crippen LogP contribution in [0.25, 0.3) is 0 Å². The zero-order chi connectivity index (χ0) is 24.8. The number of aryl methyl sites for hydroxylation is 1. The molecule has 8 nitrogen and oxygen atoms in total. The fourth-order valence-corrected chi connectivity index (χ4v) is 5.27. The fourth-order valence-electron chi connectivity index (χ4n) is 4.09. The van der Waals surface area contributed by atoms with Crippen molar-refractivity contribution in [2.75, 3.05) is 43.6 Å². The molecule has 0 saturated carbocycles. The number of aromatic nitrogens is 2. The number of hydrogen-bond donors (Lipinski definition) is 2. The van der Waals surface area contributed by atoms with Gasteiger partial charge in [-0.2, -0.15) is 0 Å². The maximum absolute atomic E-state index is 12.4. The SMILES string of the molecule is CCCc1cc(N2CCOCC2)ccc1Cc1ncc(Br)c(Nc2ccccc2S(=O)(=O)NC)n1. The van der Waals surface area contributed by atoms with E-state index < -0.39 is 10.0 Å². The first-order valence-corrected chi connectivity index (χ1v) is 13.9. The smallest absolute Gasteiger partial charge is 0.242 e. The summed E-state index contributed by atoms with van der Waals surface area (Å²) in [6.07, 6.45) is 4.30. The van der Waals surface area contributed by atoms with E-state index in [1.54, 1.807) is 30.5 Å². The first-order chi connectivity index (χ1) is 16.9. The number of nitrogens with zero attached hydrogens (tertiary/aromatic N) is 3. The van der Waals surface area contributed by atoms with Gasteiger partial charge in [-0.1, -0.05) is 31.5 Å². The van der Waals surface area contributed by atoms with Crippen molar-refractivity contribution in [2.24, 2.45) is 0 Å². The Labute approximate surface area is 215 Å². The number of para-hydroxylation sites is 1. The highest BCUT2D eigenvalue weighted by Crippen LogP contribution is 2.29. The van der Waals surface area contributed by atoms with Crippen LogP contribution >= 0.6 is 15.9 Å². The lowest BCUT2D eigenvalue weighted by atomic mass is 9.99. The molecule has 2 N–H and O–H groups in total. The van der Waals surface area contributed by atoms with Crippen LogP contribution in [0, 0.1) is 0 Å². The van der Waals surface area contributed by atoms with Crippen molar-refractivity contribution in [3.63, 3.8) is 0 Å². The van der Waals surface area contributed by atoms with Crippen molar-refractivity contribution < 1.29 is 13.2 Å². The molecule has 0 radical (unpaired) electrons. The third kappa shape index (κ3) is 6.19. The molecule has 1 fully saturated rings. The van der Waals surface area contributed by atoms with E-state index >= 15 is 0 Å². The number of ether oxygens (including phenoxy) is 1. The highest BCUT2D eigenvalue weighted by Gasteiger charge is 2.18. The molecule has 3 aromatic rings. The summed E-state index contributed by atoms with van der Waals surface area (Å²) >= 11 is 3.49. The Hall–Kier alpha value is -2.53. The van der Waals surface area contributed by atoms with Gasteiger partial charge in [-0.05, 0) is 64.8 Å². The number of rotatable bonds is 9. The Morgan fingerprint density at radius 2 is 1.89 bits per heavy atom. The second-order valence-corrected chi connectivity index (χ2v) is 11.0. The molecular formula is C25H30BrN5O3S. The van der Waals surface area contributed by atoms with Gasteiger partial charge >= 0.3 is 0 Å². The molecule has 0 spiro atoms. The summed E-state index contributed by atoms with van der Waals surface area (Å²) in [5, 5.41) is 3.16. The lowest BCUT2D eigenvalue weighted by Gasteiger charge is -2.29. The van der Waals surface area contributed by atoms with Crippen LogP contribution in [0.5, 0.6) is 0 Å². The standard InChI is InChI=1S/C25H30BrN5O3S/c1-3-6-18-15-20(31-11-13-34-14-12-31)10-9-19(18)16-24-28-17-21(26)25(30-24)29-22-7-4-5-8-23(22)35(32,33)27-2/h4-5,7-10,15,17,27H,3,6,11-14,16H2,1-2H3,(H,28,29,30). The van der Waals surface area contributed by atoms with Gasteiger partial charge < -0.3 is 15.0 Å². The van der Waals surface area contributed by atoms with Crippen molar-refractivity contribution >= 4 is 43.1 Å². The van der Waals surface area contributed by atoms with E-state index in [2.05, 4.69) is 61.0 Å². The van der Waals surface area contributed by atoms with Crippen molar-refractivity contribution in [3.8, 4) is 0 Å². The summed E-state index contributed by atoms with van der Waals surface area (Å²) in [5.74, 6) is 1.16. The van der Waals surface area contributed by atoms with E-state index in [9.17, 15) is 8.42 Å². The van der Waals surface area contributed by atoms with Crippen LogP contribution in [0.15, 0.2) is 58.0 Å². The number of morpholine rings is 1. The molecule has 1 aliphatic rings. The number of hydrogen-bond acceptors (Lipinski definition) is 7. The number of benzene rings is 2. The lowest BCUT2D eigenvalue weighted by Crippen LogP contribution is -2.36. The average molecular weight is 561 g/mol. The average Bonchev–Trinajstić information content (AvgIpc) is 2.88. The molecule has 186 valence electrons. The summed E-state index contributed by atoms with van der Waals surface area (Å²) in [6, 6.07) is 13.3. The zero-order valence-corrected chi connectivity index (χ0v) is 22.3. The van der Waals surface area contributed by atoms with Crippen LogP contribution in [0.2, 0.25) is 0 Å². The molecule has 4 rings (SSSR count). The minimum absolute atomic E-state index is 0.151. The zero-order valence-electron chi connectivity index (χ0n) is 19.9. The molecule has 2 aromatic carbocycles. The van der Waals surface area contributed by atoms with E-state index in [0.29, 0.717) is 28.2 Å². The molecule has 0 amide bonds. The Morgan fingerprint density at radius 3 is 2.63 bits per heavy atom. The monoisotopic (exact) mass is 559 g/mol. The molecule has 10 heteroatoms. The van der Waals surface area contributed by atoms with E-state index in [1.165, 1.54) is 23.9 Å². The quantitative estimate of drug-likeness (QED) is 0.404. The van der Waals surface area contributed by atoms with Gasteiger partial charge in [0.05, 0.1) is 23.4 Å². The number of halogens is 1. The summed E-state index contributed by atoms with van der Waals surface area (Å²) in [5.41, 5.74) is 4.15. The predicted octanol–water partition coefficient (Wildman–Crippen LogP) is 4.27. The number of anilines is 3. The van der Waals surface area contributed by atoms with E-state index in [4.69, 9.17) is 9.72 Å². The van der Waals surface area contributed by atoms with Crippen LogP contribution in [0.4, 0.5) is 17.2 Å². The molecule has 1 aromatic heterocycles. The normalized spacial score (nSPS) is 14.2. The van der Waals surface area contributed by atoms with Crippen LogP contribution < -0.4 is 14.9 Å². The number of sulfonamides is 1. The Bertz CT molecular complexity index is 1280. The van der Waals surface area contributed by atoms with Crippen molar-refractivity contribution in [1.29, 1.82) is 0 Å². The van der Waals surface area contributed by atoms with E-state index in [1.807, 2.05) is 0 Å². The fraction of sp³-hybridized carbons (Fsp3) is 0.360. The first kappa shape index (κ1) is 25.6. The summed E-state index contributed by atoms with van der Waals surface area (Å²) in [4.78, 5) is 11.7. The second kappa shape index (κ2) is 11.5. The maximum atomic E-state index is 12.4. The summed E-state index contributed by atoms with van der Waals surface area (Å²) in [6.45, 7) is 5.50. The van der Waals surface area contributed by atoms with Gasteiger partial charge in [0.2, 0.25) is 10.0 Å². The molecule has 1 saturated heterocycles. The summed E-state index contributed by atoms with van der Waals surface area (Å²) in [7, 11) is -2.24. The van der Waals surface area contributed by atoms with E-state index in [-0.39, 0.29) is 4.90 Å². The Balaban J connectivity index is 1.60. The summed E-state index contributed by atoms with van der Waals surface area (Å²) < 4.78 is 33.4. The molecule has 0 aliphatic carbocycles. The topological polar surface area (TPSA) is 96.5 Å². The van der Waals surface area contributed by atoms with Crippen LogP contribution in [0.3, 0.4) is 0 Å². The maximum Gasteiger partial charge on any atom is 0.242 e. The van der Waals surface area contributed by atoms with Crippen molar-refractivity contribution in [1.82, 2.24) is 14.7 Å². The predicted molar refractivity (Wildman–Crippen MR) is 142 cm³/mol. The van der Waals surface area contributed by atoms with Crippen molar-refractivity contribution in [3.05, 3.63) is 70.1 Å². The molecule has 1 aliphatic heterocycles. The highest BCUT2D eigenvalue weighted by molar-refractivity contribution is 9.10. The highest BCUT2D eigenvalue weighted by atomic mass is 79.9. The van der Waals surface area contributed by atoms with Crippen LogP contribution in [0.1, 0.15) is 30.3 Å². The third-order valence-electron chi connectivity index (χ3n) is 5.93. The lowest BCUT2D eigenvalue weighted by molar-refractivity contribution is 0.122. The molecule has 35 heavy (non-hydrogen) atoms. The molecule has 0 unspecified atom stereocenters. The number of nitrogens with one attached hydrogen (secondary N) is 2. The van der Waals surface area contributed by atoms with Gasteiger partial charge in [-0.25, -0.2) is 23.1 Å². The first-order valence-electron chi connectivity index (χ1n) is 11.7. The van der Waals surface area contributed by atoms with Gasteiger partial charge in [-0.3, -0.25) is 0 Å². The van der Waals surface area contributed by atoms with Gasteiger partial charge in [0.15, 0.2) is 0 Å². The Morgan fingerprint density at radius 1 is 1.11 bits per heavy atom. The van der Waals surface area contributed by atoms with Gasteiger partial charge in [-0.15, -0.1) is 0 Å². The minimum Gasteiger partial charge on any atom is -0.378 e. The molecular weight excluding hydrogens is 530 g/mol. The molecule has 0 bridgehead atoms. The van der Waals surface area contributed by atoms with E-state index in [0.717, 1.165) is 39.1 Å². The van der Waals surface area contributed by atoms with Gasteiger partial charge in [0, 0.05) is 31.4 Å². The molecule has 0 atom stereocenters. The van der Waals surface area contributed by atoms with Crippen LogP contribution in [-0.4, -0.2) is 51.7 Å². The minimum atomic E-state index is -3.63. The largest absolute Gasteiger partial charge is 0.378 e. The van der Waals surface area contributed by atoms with Crippen molar-refractivity contribution in [2.45, 2.75) is 31.1 Å². The molecule has 2 heterocycles. The van der Waals surface area contributed by atoms with Gasteiger partial charge in [0.25, 0.3) is 0 Å². The van der Waals surface area contributed by atoms with Crippen LogP contribution in [-0.2, 0) is 27.6 Å². The Kier molecular flexibility index (Phi) is 8.38. The third-order valence-corrected chi connectivity index (χ3v) is 7.98.